The summed E-state index contributed by atoms with van der Waals surface area (Å²) >= 11 is 6.02. The summed E-state index contributed by atoms with van der Waals surface area (Å²) in [5.41, 5.74) is 13.9. The van der Waals surface area contributed by atoms with Gasteiger partial charge in [0.25, 0.3) is 5.91 Å². The minimum Gasteiger partial charge on any atom is -0.394 e. The van der Waals surface area contributed by atoms with Gasteiger partial charge in [0.15, 0.2) is 22.5 Å². The second-order valence-electron chi connectivity index (χ2n) is 14.3. The number of hydrogen-bond acceptors (Lipinski definition) is 13. The van der Waals surface area contributed by atoms with Crippen molar-refractivity contribution in [3.05, 3.63) is 46.2 Å². The Morgan fingerprint density at radius 3 is 2.28 bits per heavy atom. The number of rotatable bonds is 21. The standard InChI is InChI=1S/C37H62ClN9O7/c1-5-7-8-11-16-46(22-28(49)31(51)32(52)29(50)23-48)47(6-2)37(54)45-17-14-27(15-18-45)44(4)21-25(19-26-13-10-9-12-24(26)3)20-41-36(53)30-34(39)43-35(40)33(38)42-30/h9-10,12-13,25,27-29,31-32,48-52H,5-8,11,14-23H2,1-4H3,(H,41,53)(H4,39,40,43). The molecule has 304 valence electrons. The van der Waals surface area contributed by atoms with Crippen molar-refractivity contribution in [2.45, 2.75) is 96.2 Å². The van der Waals surface area contributed by atoms with E-state index in [1.54, 1.807) is 14.9 Å². The van der Waals surface area contributed by atoms with Crippen LogP contribution in [0.1, 0.15) is 74.0 Å². The molecule has 3 rings (SSSR count). The Bertz CT molecular complexity index is 1470. The second kappa shape index (κ2) is 22.3. The molecule has 0 saturated carbocycles. The number of likely N-dealkylation sites (tertiary alicyclic amines) is 1. The van der Waals surface area contributed by atoms with Crippen LogP contribution < -0.4 is 16.8 Å². The van der Waals surface area contributed by atoms with Gasteiger partial charge in [0.05, 0.1) is 12.7 Å². The van der Waals surface area contributed by atoms with E-state index in [-0.39, 0.29) is 47.0 Å². The smallest absolute Gasteiger partial charge is 0.334 e. The summed E-state index contributed by atoms with van der Waals surface area (Å²) in [6.07, 6.45) is -0.692. The normalized spacial score (nSPS) is 16.6. The van der Waals surface area contributed by atoms with Crippen LogP contribution in [0.4, 0.5) is 16.4 Å². The van der Waals surface area contributed by atoms with E-state index in [9.17, 15) is 35.1 Å². The largest absolute Gasteiger partial charge is 0.394 e. The van der Waals surface area contributed by atoms with Crippen molar-refractivity contribution < 1.29 is 35.1 Å². The number of unbranched alkanes of at least 4 members (excludes halogenated alkanes) is 3. The van der Waals surface area contributed by atoms with Crippen LogP contribution in [0.3, 0.4) is 0 Å². The first-order chi connectivity index (χ1) is 25.7. The van der Waals surface area contributed by atoms with Gasteiger partial charge in [0.2, 0.25) is 0 Å². The molecule has 10 N–H and O–H groups in total. The van der Waals surface area contributed by atoms with Crippen LogP contribution in [0.25, 0.3) is 0 Å². The minimum atomic E-state index is -1.75. The zero-order valence-electron chi connectivity index (χ0n) is 32.1. The number of halogens is 1. The van der Waals surface area contributed by atoms with Gasteiger partial charge in [-0.1, -0.05) is 62.1 Å². The Morgan fingerprint density at radius 2 is 1.65 bits per heavy atom. The fourth-order valence-corrected chi connectivity index (χ4v) is 7.00. The topological polar surface area (TPSA) is 238 Å². The van der Waals surface area contributed by atoms with Gasteiger partial charge in [-0.3, -0.25) is 9.80 Å². The van der Waals surface area contributed by atoms with Crippen LogP contribution in [0.2, 0.25) is 5.15 Å². The summed E-state index contributed by atoms with van der Waals surface area (Å²) in [5, 5.41) is 56.7. The number of nitrogen functional groups attached to an aromatic ring is 2. The van der Waals surface area contributed by atoms with Crippen LogP contribution in [0.15, 0.2) is 24.3 Å². The summed E-state index contributed by atoms with van der Waals surface area (Å²) in [4.78, 5) is 39.1. The van der Waals surface area contributed by atoms with Gasteiger partial charge in [-0.2, -0.15) is 0 Å². The monoisotopic (exact) mass is 779 g/mol. The minimum absolute atomic E-state index is 0.0220. The third-order valence-corrected chi connectivity index (χ3v) is 10.5. The number of aliphatic hydroxyl groups excluding tert-OH is 5. The molecule has 1 aliphatic heterocycles. The Labute approximate surface area is 324 Å². The number of benzene rings is 1. The highest BCUT2D eigenvalue weighted by Gasteiger charge is 2.35. The van der Waals surface area contributed by atoms with E-state index in [0.29, 0.717) is 45.7 Å². The van der Waals surface area contributed by atoms with Crippen LogP contribution in [-0.2, 0) is 6.42 Å². The van der Waals surface area contributed by atoms with Gasteiger partial charge in [0.1, 0.15) is 18.3 Å². The lowest BCUT2D eigenvalue weighted by Crippen LogP contribution is -2.58. The molecule has 1 aromatic heterocycles. The molecule has 3 amide bonds. The number of nitrogens with one attached hydrogen (secondary N) is 1. The molecule has 0 bridgehead atoms. The summed E-state index contributed by atoms with van der Waals surface area (Å²) in [6.45, 7) is 7.89. The number of aliphatic hydroxyl groups is 5. The van der Waals surface area contributed by atoms with Gasteiger partial charge >= 0.3 is 6.03 Å². The van der Waals surface area contributed by atoms with Gasteiger partial charge < -0.3 is 52.1 Å². The highest BCUT2D eigenvalue weighted by atomic mass is 35.5. The Hall–Kier alpha value is -3.35. The van der Waals surface area contributed by atoms with E-state index in [1.807, 2.05) is 19.1 Å². The maximum Gasteiger partial charge on any atom is 0.334 e. The van der Waals surface area contributed by atoms with E-state index in [2.05, 4.69) is 53.2 Å². The van der Waals surface area contributed by atoms with E-state index < -0.39 is 36.9 Å². The molecule has 2 aromatic rings. The van der Waals surface area contributed by atoms with E-state index >= 15 is 0 Å². The number of hydrogen-bond donors (Lipinski definition) is 8. The maximum atomic E-state index is 14.0. The maximum absolute atomic E-state index is 14.0. The molecule has 16 nitrogen and oxygen atoms in total. The highest BCUT2D eigenvalue weighted by Crippen LogP contribution is 2.22. The summed E-state index contributed by atoms with van der Waals surface area (Å²) in [6, 6.07) is 8.11. The number of carbonyl (C=O) groups excluding carboxylic acids is 2. The fraction of sp³-hybridized carbons (Fsp3) is 0.676. The zero-order valence-corrected chi connectivity index (χ0v) is 32.9. The van der Waals surface area contributed by atoms with E-state index in [4.69, 9.17) is 23.1 Å². The van der Waals surface area contributed by atoms with Crippen LogP contribution in [-0.4, -0.2) is 157 Å². The van der Waals surface area contributed by atoms with E-state index in [0.717, 1.165) is 44.1 Å². The van der Waals surface area contributed by atoms with Gasteiger partial charge in [-0.25, -0.2) is 19.8 Å². The molecular formula is C37H62ClN9O7. The predicted octanol–water partition coefficient (Wildman–Crippen LogP) is 1.26. The molecule has 54 heavy (non-hydrogen) atoms. The number of carbonyl (C=O) groups is 2. The van der Waals surface area contributed by atoms with Crippen molar-refractivity contribution in [1.29, 1.82) is 0 Å². The zero-order chi connectivity index (χ0) is 39.9. The average molecular weight is 780 g/mol. The molecule has 17 heteroatoms. The molecule has 0 spiro atoms. The molecule has 1 aromatic carbocycles. The Kier molecular flexibility index (Phi) is 18.6. The number of piperidine rings is 1. The lowest BCUT2D eigenvalue weighted by molar-refractivity contribution is -0.131. The lowest BCUT2D eigenvalue weighted by Gasteiger charge is -2.43. The van der Waals surface area contributed by atoms with Crippen LogP contribution in [0.5, 0.6) is 0 Å². The van der Waals surface area contributed by atoms with Crippen LogP contribution in [0, 0.1) is 12.8 Å². The van der Waals surface area contributed by atoms with Crippen molar-refractivity contribution in [1.82, 2.24) is 35.1 Å². The molecule has 5 atom stereocenters. The molecule has 5 unspecified atom stereocenters. The number of nitrogens with two attached hydrogens (primary N) is 2. The fourth-order valence-electron chi connectivity index (χ4n) is 6.87. The first-order valence-corrected chi connectivity index (χ1v) is 19.4. The molecular weight excluding hydrogens is 718 g/mol. The Balaban J connectivity index is 1.67. The van der Waals surface area contributed by atoms with Crippen molar-refractivity contribution in [3.63, 3.8) is 0 Å². The van der Waals surface area contributed by atoms with Gasteiger partial charge in [-0.15, -0.1) is 0 Å². The first-order valence-electron chi connectivity index (χ1n) is 19.0. The molecule has 2 heterocycles. The number of anilines is 2. The van der Waals surface area contributed by atoms with Crippen molar-refractivity contribution in [2.24, 2.45) is 5.92 Å². The number of urea groups is 1. The second-order valence-corrected chi connectivity index (χ2v) is 14.6. The van der Waals surface area contributed by atoms with E-state index in [1.165, 1.54) is 5.56 Å². The number of aryl methyl sites for hydroxylation is 1. The summed E-state index contributed by atoms with van der Waals surface area (Å²) in [7, 11) is 2.06. The molecule has 0 aliphatic carbocycles. The average Bonchev–Trinajstić information content (AvgIpc) is 3.16. The van der Waals surface area contributed by atoms with Gasteiger partial charge in [-0.05, 0) is 63.6 Å². The molecule has 1 fully saturated rings. The lowest BCUT2D eigenvalue weighted by atomic mass is 9.94. The van der Waals surface area contributed by atoms with Gasteiger partial charge in [0, 0.05) is 51.9 Å². The molecule has 0 radical (unpaired) electrons. The first kappa shape index (κ1) is 45.0. The molecule has 1 aliphatic rings. The van der Waals surface area contributed by atoms with Crippen molar-refractivity contribution in [2.75, 3.05) is 70.9 Å². The summed E-state index contributed by atoms with van der Waals surface area (Å²) < 4.78 is 0. The number of hydrazine groups is 1. The van der Waals surface area contributed by atoms with Crippen molar-refractivity contribution >= 4 is 35.2 Å². The van der Waals surface area contributed by atoms with Crippen LogP contribution >= 0.6 is 11.6 Å². The SMILES string of the molecule is CCCCCCN(CC(O)C(O)C(O)C(O)CO)N(CC)C(=O)N1CCC(N(C)CC(CNC(=O)c2nc(Cl)c(N)nc2N)Cc2ccccc2C)CC1. The number of aromatic nitrogens is 2. The predicted molar refractivity (Wildman–Crippen MR) is 208 cm³/mol. The third kappa shape index (κ3) is 12.9. The number of amides is 3. The quantitative estimate of drug-likeness (QED) is 0.0659. The third-order valence-electron chi connectivity index (χ3n) is 10.2. The van der Waals surface area contributed by atoms with Crippen molar-refractivity contribution in [3.8, 4) is 0 Å². The Morgan fingerprint density at radius 1 is 0.981 bits per heavy atom. The number of nitrogens with zero attached hydrogens (tertiary/aromatic N) is 6. The summed E-state index contributed by atoms with van der Waals surface area (Å²) in [5.74, 6) is -0.623. The molecule has 1 saturated heterocycles. The highest BCUT2D eigenvalue weighted by molar-refractivity contribution is 6.31.